The van der Waals surface area contributed by atoms with E-state index in [1.54, 1.807) is 27.7 Å². The van der Waals surface area contributed by atoms with Crippen molar-refractivity contribution in [3.05, 3.63) is 0 Å². The smallest absolute Gasteiger partial charge is 0.262 e. The minimum absolute atomic E-state index is 0.689. The third kappa shape index (κ3) is 15.0. The largest absolute Gasteiger partial charge is 0.292 e. The Bertz CT molecular complexity index is 442. The first kappa shape index (κ1) is 23.5. The Balaban J connectivity index is 4.62. The zero-order valence-electron chi connectivity index (χ0n) is 11.9. The second kappa shape index (κ2) is 9.25. The molecule has 0 aromatic rings. The lowest BCUT2D eigenvalue weighted by molar-refractivity contribution is 0.210. The van der Waals surface area contributed by atoms with Gasteiger partial charge in [0.1, 0.15) is 11.2 Å². The van der Waals surface area contributed by atoms with Crippen molar-refractivity contribution in [2.24, 2.45) is 0 Å². The maximum atomic E-state index is 5.57. The third-order valence-corrected chi connectivity index (χ3v) is 3.99. The van der Waals surface area contributed by atoms with Gasteiger partial charge >= 0.3 is 0 Å². The second-order valence-corrected chi connectivity index (χ2v) is 12.5. The van der Waals surface area contributed by atoms with E-state index in [1.807, 2.05) is 0 Å². The Hall–Kier alpha value is 1.48. The van der Waals surface area contributed by atoms with Crippen LogP contribution < -0.4 is 0 Å². The molecule has 0 radical (unpaired) electrons. The van der Waals surface area contributed by atoms with Gasteiger partial charge in [-0.25, -0.2) is 0 Å². The van der Waals surface area contributed by atoms with Gasteiger partial charge in [0.05, 0.1) is 24.1 Å². The van der Waals surface area contributed by atoms with E-state index in [2.05, 4.69) is 23.7 Å². The fraction of sp³-hybridized carbons (Fsp3) is 0.667. The monoisotopic (exact) mass is 462 g/mol. The zero-order chi connectivity index (χ0) is 17.7. The van der Waals surface area contributed by atoms with E-state index in [9.17, 15) is 0 Å². The number of alkyl halides is 6. The lowest BCUT2D eigenvalue weighted by atomic mass is 10.1. The molecular formula is C12H12Cl6O2S2. The van der Waals surface area contributed by atoms with Crippen LogP contribution in [0.4, 0.5) is 0 Å². The molecule has 0 aliphatic rings. The highest BCUT2D eigenvalue weighted by molar-refractivity contribution is 8.00. The van der Waals surface area contributed by atoms with Crippen LogP contribution in [0.2, 0.25) is 0 Å². The van der Waals surface area contributed by atoms with E-state index in [0.717, 1.165) is 0 Å². The summed E-state index contributed by atoms with van der Waals surface area (Å²) in [4.78, 5) is 0. The lowest BCUT2D eigenvalue weighted by Crippen LogP contribution is -2.20. The van der Waals surface area contributed by atoms with Gasteiger partial charge in [0, 0.05) is 0 Å². The van der Waals surface area contributed by atoms with E-state index in [-0.39, 0.29) is 0 Å². The minimum atomic E-state index is -1.57. The molecule has 0 aliphatic carbocycles. The van der Waals surface area contributed by atoms with Crippen molar-refractivity contribution >= 4 is 93.7 Å². The highest BCUT2D eigenvalue weighted by atomic mass is 35.6. The van der Waals surface area contributed by atoms with E-state index in [0.29, 0.717) is 24.1 Å². The molecule has 2 nitrogen and oxygen atoms in total. The molecule has 0 atom stereocenters. The van der Waals surface area contributed by atoms with Crippen molar-refractivity contribution in [3.8, 4) is 23.7 Å². The number of rotatable bonds is 4. The number of halogens is 6. The molecule has 0 unspecified atom stereocenters. The maximum Gasteiger partial charge on any atom is 0.262 e. The van der Waals surface area contributed by atoms with Gasteiger partial charge in [-0.3, -0.25) is 8.37 Å². The average Bonchev–Trinajstić information content (AvgIpc) is 2.29. The lowest BCUT2D eigenvalue weighted by Gasteiger charge is -2.20. The predicted octanol–water partition coefficient (Wildman–Crippen LogP) is 6.54. The summed E-state index contributed by atoms with van der Waals surface area (Å²) < 4.78 is 7.47. The Labute approximate surface area is 169 Å². The first-order chi connectivity index (χ1) is 9.62. The minimum Gasteiger partial charge on any atom is -0.292 e. The first-order valence-corrected chi connectivity index (χ1v) is 9.28. The Morgan fingerprint density at radius 3 is 1.14 bits per heavy atom. The molecule has 0 N–H and O–H groups in total. The molecule has 0 saturated carbocycles. The van der Waals surface area contributed by atoms with Crippen molar-refractivity contribution in [2.45, 2.75) is 45.1 Å². The standard InChI is InChI=1S/C12H12Cl6O2S2/c1-9(2,19-21-11(13,14)15)7-5-6-8-10(3,4)20-22-12(16,17)18/h1-4H3. The van der Waals surface area contributed by atoms with E-state index >= 15 is 0 Å². The van der Waals surface area contributed by atoms with Crippen LogP contribution in [0.5, 0.6) is 0 Å². The van der Waals surface area contributed by atoms with Crippen molar-refractivity contribution in [1.29, 1.82) is 0 Å². The molecule has 0 saturated heterocycles. The van der Waals surface area contributed by atoms with Crippen LogP contribution >= 0.6 is 93.7 Å². The second-order valence-electron chi connectivity index (χ2n) is 4.75. The third-order valence-electron chi connectivity index (χ3n) is 1.48. The summed E-state index contributed by atoms with van der Waals surface area (Å²) >= 11 is 34.8. The van der Waals surface area contributed by atoms with Crippen molar-refractivity contribution in [2.75, 3.05) is 0 Å². The van der Waals surface area contributed by atoms with Crippen LogP contribution in [0.3, 0.4) is 0 Å². The molecule has 0 fully saturated rings. The van der Waals surface area contributed by atoms with Crippen molar-refractivity contribution in [3.63, 3.8) is 0 Å². The molecule has 0 heterocycles. The van der Waals surface area contributed by atoms with E-state index < -0.39 is 17.5 Å². The summed E-state index contributed by atoms with van der Waals surface area (Å²) in [6.07, 6.45) is 0. The molecule has 10 heteroatoms. The highest BCUT2D eigenvalue weighted by Crippen LogP contribution is 2.42. The molecule has 126 valence electrons. The molecule has 0 amide bonds. The summed E-state index contributed by atoms with van der Waals surface area (Å²) in [5.74, 6) is 10.9. The van der Waals surface area contributed by atoms with Gasteiger partial charge in [-0.05, 0) is 39.5 Å². The first-order valence-electron chi connectivity index (χ1n) is 5.53. The fourth-order valence-corrected chi connectivity index (χ4v) is 1.96. The molecular weight excluding hydrogens is 453 g/mol. The van der Waals surface area contributed by atoms with Crippen LogP contribution in [0.25, 0.3) is 0 Å². The van der Waals surface area contributed by atoms with E-state index in [1.165, 1.54) is 0 Å². The van der Waals surface area contributed by atoms with Crippen LogP contribution in [0.15, 0.2) is 0 Å². The molecule has 0 bridgehead atoms. The Morgan fingerprint density at radius 2 is 0.909 bits per heavy atom. The zero-order valence-corrected chi connectivity index (χ0v) is 18.1. The molecule has 0 spiro atoms. The van der Waals surface area contributed by atoms with Gasteiger partial charge in [-0.1, -0.05) is 81.4 Å². The topological polar surface area (TPSA) is 18.5 Å². The summed E-state index contributed by atoms with van der Waals surface area (Å²) in [6.45, 7) is 6.85. The van der Waals surface area contributed by atoms with Gasteiger partial charge in [0.2, 0.25) is 0 Å². The Morgan fingerprint density at radius 1 is 0.636 bits per heavy atom. The van der Waals surface area contributed by atoms with Crippen molar-refractivity contribution in [1.82, 2.24) is 0 Å². The molecule has 22 heavy (non-hydrogen) atoms. The van der Waals surface area contributed by atoms with Gasteiger partial charge in [-0.2, -0.15) is 0 Å². The molecule has 0 aliphatic heterocycles. The fourth-order valence-electron chi connectivity index (χ4n) is 0.708. The number of hydrogen-bond acceptors (Lipinski definition) is 4. The molecule has 0 aromatic carbocycles. The Kier molecular flexibility index (Phi) is 9.88. The quantitative estimate of drug-likeness (QED) is 0.267. The summed E-state index contributed by atoms with van der Waals surface area (Å²) in [5, 5.41) is 0. The maximum absolute atomic E-state index is 5.57. The van der Waals surface area contributed by atoms with Gasteiger partial charge in [0.15, 0.2) is 0 Å². The van der Waals surface area contributed by atoms with Crippen molar-refractivity contribution < 1.29 is 8.37 Å². The normalized spacial score (nSPS) is 13.0. The molecule has 0 aromatic heterocycles. The van der Waals surface area contributed by atoms with Gasteiger partial charge < -0.3 is 0 Å². The van der Waals surface area contributed by atoms with Crippen LogP contribution in [-0.4, -0.2) is 17.5 Å². The summed E-state index contributed by atoms with van der Waals surface area (Å²) in [6, 6.07) is 0. The predicted molar refractivity (Wildman–Crippen MR) is 102 cm³/mol. The summed E-state index contributed by atoms with van der Waals surface area (Å²) in [5.41, 5.74) is -1.69. The summed E-state index contributed by atoms with van der Waals surface area (Å²) in [7, 11) is 0. The van der Waals surface area contributed by atoms with Gasteiger partial charge in [0.25, 0.3) is 6.25 Å². The van der Waals surface area contributed by atoms with E-state index in [4.69, 9.17) is 78.0 Å². The van der Waals surface area contributed by atoms with Gasteiger partial charge in [-0.15, -0.1) is 0 Å². The van der Waals surface area contributed by atoms with Crippen LogP contribution in [-0.2, 0) is 8.37 Å². The van der Waals surface area contributed by atoms with Crippen LogP contribution in [0.1, 0.15) is 27.7 Å². The highest BCUT2D eigenvalue weighted by Gasteiger charge is 2.28. The number of hydrogen-bond donors (Lipinski definition) is 0. The SMILES string of the molecule is CC(C)(C#CC#CC(C)(C)OSC(Cl)(Cl)Cl)OSC(Cl)(Cl)Cl. The van der Waals surface area contributed by atoms with Crippen LogP contribution in [0, 0.1) is 23.7 Å². The average molecular weight is 465 g/mol. The molecule has 0 rings (SSSR count).